The van der Waals surface area contributed by atoms with Crippen molar-refractivity contribution in [3.05, 3.63) is 28.8 Å². The molecule has 0 spiro atoms. The summed E-state index contributed by atoms with van der Waals surface area (Å²) in [5.41, 5.74) is 3.07. The first kappa shape index (κ1) is 17.0. The van der Waals surface area contributed by atoms with Crippen molar-refractivity contribution in [3.63, 3.8) is 0 Å². The van der Waals surface area contributed by atoms with Crippen LogP contribution in [0.2, 0.25) is 0 Å². The van der Waals surface area contributed by atoms with Gasteiger partial charge in [0.15, 0.2) is 6.10 Å². The number of hydrogen-bond donors (Lipinski definition) is 3. The maximum absolute atomic E-state index is 11.8. The van der Waals surface area contributed by atoms with E-state index in [0.717, 1.165) is 23.2 Å². The summed E-state index contributed by atoms with van der Waals surface area (Å²) in [7, 11) is 3.34. The van der Waals surface area contributed by atoms with Gasteiger partial charge in [-0.05, 0) is 44.5 Å². The van der Waals surface area contributed by atoms with E-state index in [1.807, 2.05) is 33.0 Å². The van der Waals surface area contributed by atoms with Crippen LogP contribution < -0.4 is 20.7 Å². The molecular formula is C15H23N3O3. The van der Waals surface area contributed by atoms with Crippen LogP contribution in [0, 0.1) is 13.8 Å². The molecule has 3 amide bonds. The third-order valence-electron chi connectivity index (χ3n) is 3.03. The van der Waals surface area contributed by atoms with Gasteiger partial charge in [0.05, 0.1) is 0 Å². The zero-order valence-electron chi connectivity index (χ0n) is 13.2. The summed E-state index contributed by atoms with van der Waals surface area (Å²) in [6.07, 6.45) is -0.755. The highest BCUT2D eigenvalue weighted by molar-refractivity contribution is 5.96. The molecule has 1 atom stereocenters. The number of carbonyl (C=O) groups is 2. The Kier molecular flexibility index (Phi) is 6.17. The topological polar surface area (TPSA) is 79.5 Å². The highest BCUT2D eigenvalue weighted by Gasteiger charge is 2.19. The molecule has 1 aromatic carbocycles. The summed E-state index contributed by atoms with van der Waals surface area (Å²) in [5.74, 6) is 0.196. The Balaban J connectivity index is 2.83. The van der Waals surface area contributed by atoms with E-state index in [1.54, 1.807) is 6.92 Å². The van der Waals surface area contributed by atoms with Gasteiger partial charge < -0.3 is 15.4 Å². The molecule has 1 unspecified atom stereocenters. The molecule has 0 aliphatic heterocycles. The lowest BCUT2D eigenvalue weighted by Crippen LogP contribution is -2.44. The van der Waals surface area contributed by atoms with Crippen molar-refractivity contribution in [1.29, 1.82) is 0 Å². The summed E-state index contributed by atoms with van der Waals surface area (Å²) in [6, 6.07) is 3.48. The quantitative estimate of drug-likeness (QED) is 0.763. The maximum atomic E-state index is 11.8. The van der Waals surface area contributed by atoms with Gasteiger partial charge >= 0.3 is 6.03 Å². The van der Waals surface area contributed by atoms with Crippen molar-refractivity contribution >= 4 is 11.9 Å². The molecule has 0 fully saturated rings. The first-order chi connectivity index (χ1) is 9.88. The normalized spacial score (nSPS) is 11.7. The number of ether oxygens (including phenoxy) is 1. The van der Waals surface area contributed by atoms with Crippen LogP contribution in [-0.4, -0.2) is 32.1 Å². The standard InChI is InChI=1S/C15H23N3O3/c1-9-6-12(8-16-4)7-10(2)13(9)21-11(3)14(19)18-15(20)17-5/h6-7,11,16H,8H2,1-5H3,(H2,17,18,19,20). The van der Waals surface area contributed by atoms with Crippen LogP contribution in [0.5, 0.6) is 5.75 Å². The smallest absolute Gasteiger partial charge is 0.321 e. The lowest BCUT2D eigenvalue weighted by atomic mass is 10.1. The molecule has 1 rings (SSSR count). The number of imide groups is 1. The maximum Gasteiger partial charge on any atom is 0.321 e. The van der Waals surface area contributed by atoms with Crippen molar-refractivity contribution in [2.45, 2.75) is 33.4 Å². The Morgan fingerprint density at radius 2 is 1.76 bits per heavy atom. The number of amides is 3. The van der Waals surface area contributed by atoms with Gasteiger partial charge in [-0.1, -0.05) is 12.1 Å². The fourth-order valence-corrected chi connectivity index (χ4v) is 2.04. The van der Waals surface area contributed by atoms with Crippen LogP contribution >= 0.6 is 0 Å². The first-order valence-electron chi connectivity index (χ1n) is 6.83. The fourth-order valence-electron chi connectivity index (χ4n) is 2.04. The van der Waals surface area contributed by atoms with Crippen LogP contribution in [0.1, 0.15) is 23.6 Å². The average Bonchev–Trinajstić information content (AvgIpc) is 2.42. The van der Waals surface area contributed by atoms with E-state index in [4.69, 9.17) is 4.74 Å². The van der Waals surface area contributed by atoms with Gasteiger partial charge in [0.2, 0.25) is 0 Å². The predicted octanol–water partition coefficient (Wildman–Crippen LogP) is 1.25. The molecule has 0 aromatic heterocycles. The molecule has 116 valence electrons. The Morgan fingerprint density at radius 1 is 1.19 bits per heavy atom. The largest absolute Gasteiger partial charge is 0.480 e. The van der Waals surface area contributed by atoms with E-state index in [9.17, 15) is 9.59 Å². The number of hydrogen-bond acceptors (Lipinski definition) is 4. The zero-order chi connectivity index (χ0) is 16.0. The molecule has 0 bridgehead atoms. The third-order valence-corrected chi connectivity index (χ3v) is 3.03. The SMILES string of the molecule is CNCc1cc(C)c(OC(C)C(=O)NC(=O)NC)c(C)c1. The van der Waals surface area contributed by atoms with E-state index in [1.165, 1.54) is 7.05 Å². The Bertz CT molecular complexity index is 506. The van der Waals surface area contributed by atoms with Gasteiger partial charge in [0, 0.05) is 13.6 Å². The molecule has 0 radical (unpaired) electrons. The summed E-state index contributed by atoms with van der Waals surface area (Å²) in [4.78, 5) is 22.9. The van der Waals surface area contributed by atoms with Gasteiger partial charge in [-0.25, -0.2) is 4.79 Å². The van der Waals surface area contributed by atoms with Crippen molar-refractivity contribution < 1.29 is 14.3 Å². The molecular weight excluding hydrogens is 270 g/mol. The monoisotopic (exact) mass is 293 g/mol. The van der Waals surface area contributed by atoms with Crippen LogP contribution in [0.15, 0.2) is 12.1 Å². The summed E-state index contributed by atoms with van der Waals surface area (Å²) in [5, 5.41) is 7.62. The molecule has 1 aromatic rings. The highest BCUT2D eigenvalue weighted by Crippen LogP contribution is 2.26. The van der Waals surface area contributed by atoms with Crippen molar-refractivity contribution in [2.24, 2.45) is 0 Å². The van der Waals surface area contributed by atoms with Crippen LogP contribution in [0.4, 0.5) is 4.79 Å². The lowest BCUT2D eigenvalue weighted by Gasteiger charge is -2.18. The second-order valence-electron chi connectivity index (χ2n) is 4.92. The van der Waals surface area contributed by atoms with Crippen LogP contribution in [0.3, 0.4) is 0 Å². The number of aryl methyl sites for hydroxylation is 2. The number of urea groups is 1. The van der Waals surface area contributed by atoms with Gasteiger partial charge in [0.1, 0.15) is 5.75 Å². The number of nitrogens with one attached hydrogen (secondary N) is 3. The molecule has 6 nitrogen and oxygen atoms in total. The zero-order valence-corrected chi connectivity index (χ0v) is 13.2. The molecule has 0 aliphatic carbocycles. The molecule has 21 heavy (non-hydrogen) atoms. The molecule has 3 N–H and O–H groups in total. The van der Waals surface area contributed by atoms with Crippen molar-refractivity contribution in [3.8, 4) is 5.75 Å². The van der Waals surface area contributed by atoms with Crippen molar-refractivity contribution in [2.75, 3.05) is 14.1 Å². The van der Waals surface area contributed by atoms with E-state index in [0.29, 0.717) is 5.75 Å². The molecule has 0 heterocycles. The lowest BCUT2D eigenvalue weighted by molar-refractivity contribution is -0.126. The number of rotatable bonds is 5. The van der Waals surface area contributed by atoms with Gasteiger partial charge in [-0.15, -0.1) is 0 Å². The van der Waals surface area contributed by atoms with Gasteiger partial charge in [-0.3, -0.25) is 10.1 Å². The average molecular weight is 293 g/mol. The predicted molar refractivity (Wildman–Crippen MR) is 81.4 cm³/mol. The third kappa shape index (κ3) is 4.75. The Morgan fingerprint density at radius 3 is 2.24 bits per heavy atom. The molecule has 6 heteroatoms. The first-order valence-corrected chi connectivity index (χ1v) is 6.83. The highest BCUT2D eigenvalue weighted by atomic mass is 16.5. The summed E-state index contributed by atoms with van der Waals surface area (Å²) < 4.78 is 5.70. The van der Waals surface area contributed by atoms with E-state index in [-0.39, 0.29) is 0 Å². The summed E-state index contributed by atoms with van der Waals surface area (Å²) >= 11 is 0. The van der Waals surface area contributed by atoms with Crippen molar-refractivity contribution in [1.82, 2.24) is 16.0 Å². The fraction of sp³-hybridized carbons (Fsp3) is 0.467. The second kappa shape index (κ2) is 7.64. The minimum atomic E-state index is -0.755. The molecule has 0 saturated carbocycles. The minimum absolute atomic E-state index is 0.479. The van der Waals surface area contributed by atoms with E-state index < -0.39 is 18.0 Å². The minimum Gasteiger partial charge on any atom is -0.480 e. The van der Waals surface area contributed by atoms with E-state index >= 15 is 0 Å². The summed E-state index contributed by atoms with van der Waals surface area (Å²) in [6.45, 7) is 6.25. The molecule has 0 aliphatic rings. The second-order valence-corrected chi connectivity index (χ2v) is 4.92. The van der Waals surface area contributed by atoms with Gasteiger partial charge in [-0.2, -0.15) is 0 Å². The number of benzene rings is 1. The van der Waals surface area contributed by atoms with Gasteiger partial charge in [0.25, 0.3) is 5.91 Å². The molecule has 0 saturated heterocycles. The van der Waals surface area contributed by atoms with Crippen LogP contribution in [0.25, 0.3) is 0 Å². The Labute approximate surface area is 125 Å². The Hall–Kier alpha value is -2.08. The number of carbonyl (C=O) groups excluding carboxylic acids is 2. The van der Waals surface area contributed by atoms with E-state index in [2.05, 4.69) is 16.0 Å². The van der Waals surface area contributed by atoms with Crippen LogP contribution in [-0.2, 0) is 11.3 Å².